The summed E-state index contributed by atoms with van der Waals surface area (Å²) in [4.78, 5) is 0. The molecule has 1 fully saturated rings. The fourth-order valence-electron chi connectivity index (χ4n) is 1.57. The zero-order valence-corrected chi connectivity index (χ0v) is 8.46. The maximum Gasteiger partial charge on any atom is 0.184 e. The Hall–Kier alpha value is -0.200. The number of ether oxygens (including phenoxy) is 2. The standard InChI is InChI=1S/C9H18O5/c1-3-13-9-8(12)5(2)7(11)6(4-10)14-9/h5-12H,3-4H2,1-2H3/t5-,6+,7-,8+,9+/m0/s1. The Bertz CT molecular complexity index is 171. The van der Waals surface area contributed by atoms with Crippen molar-refractivity contribution in [2.45, 2.75) is 38.4 Å². The van der Waals surface area contributed by atoms with Crippen LogP contribution in [0.1, 0.15) is 13.8 Å². The molecule has 0 aromatic heterocycles. The molecule has 0 aromatic rings. The van der Waals surface area contributed by atoms with Gasteiger partial charge in [-0.25, -0.2) is 0 Å². The first-order chi connectivity index (χ1) is 6.61. The second-order valence-corrected chi connectivity index (χ2v) is 3.52. The van der Waals surface area contributed by atoms with Crippen LogP contribution < -0.4 is 0 Å². The molecule has 14 heavy (non-hydrogen) atoms. The Morgan fingerprint density at radius 2 is 1.93 bits per heavy atom. The van der Waals surface area contributed by atoms with E-state index in [1.807, 2.05) is 0 Å². The SMILES string of the molecule is CCO[C@@H]1O[C@H](CO)[C@@H](O)[C@H](C)[C@H]1O. The lowest BCUT2D eigenvalue weighted by molar-refractivity contribution is -0.286. The molecule has 0 spiro atoms. The summed E-state index contributed by atoms with van der Waals surface area (Å²) in [7, 11) is 0. The molecule has 0 radical (unpaired) electrons. The lowest BCUT2D eigenvalue weighted by Gasteiger charge is -2.40. The minimum atomic E-state index is -0.855. The molecule has 1 aliphatic rings. The van der Waals surface area contributed by atoms with E-state index in [2.05, 4.69) is 0 Å². The van der Waals surface area contributed by atoms with Crippen molar-refractivity contribution in [3.63, 3.8) is 0 Å². The first kappa shape index (κ1) is 11.9. The molecule has 5 nitrogen and oxygen atoms in total. The summed E-state index contributed by atoms with van der Waals surface area (Å²) in [5.74, 6) is -0.363. The number of rotatable bonds is 3. The van der Waals surface area contributed by atoms with Gasteiger partial charge in [-0.2, -0.15) is 0 Å². The molecule has 3 N–H and O–H groups in total. The van der Waals surface area contributed by atoms with Gasteiger partial charge in [-0.15, -0.1) is 0 Å². The monoisotopic (exact) mass is 206 g/mol. The van der Waals surface area contributed by atoms with Crippen molar-refractivity contribution in [2.75, 3.05) is 13.2 Å². The molecule has 0 aromatic carbocycles. The van der Waals surface area contributed by atoms with Crippen LogP contribution in [0.15, 0.2) is 0 Å². The van der Waals surface area contributed by atoms with Crippen LogP contribution in [0.5, 0.6) is 0 Å². The normalized spacial score (nSPS) is 43.9. The minimum Gasteiger partial charge on any atom is -0.394 e. The van der Waals surface area contributed by atoms with Crippen molar-refractivity contribution in [2.24, 2.45) is 5.92 Å². The largest absolute Gasteiger partial charge is 0.394 e. The minimum absolute atomic E-state index is 0.276. The number of aliphatic hydroxyl groups excluding tert-OH is 3. The summed E-state index contributed by atoms with van der Waals surface area (Å²) in [5.41, 5.74) is 0. The highest BCUT2D eigenvalue weighted by molar-refractivity contribution is 4.86. The highest BCUT2D eigenvalue weighted by Crippen LogP contribution is 2.26. The number of aliphatic hydroxyl groups is 3. The van der Waals surface area contributed by atoms with Gasteiger partial charge in [-0.3, -0.25) is 0 Å². The Labute approximate surface area is 83.3 Å². The maximum absolute atomic E-state index is 9.66. The molecule has 1 heterocycles. The van der Waals surface area contributed by atoms with Gasteiger partial charge >= 0.3 is 0 Å². The van der Waals surface area contributed by atoms with E-state index in [-0.39, 0.29) is 12.5 Å². The third kappa shape index (κ3) is 2.24. The van der Waals surface area contributed by atoms with E-state index in [9.17, 15) is 10.2 Å². The van der Waals surface area contributed by atoms with Gasteiger partial charge in [0.25, 0.3) is 0 Å². The summed E-state index contributed by atoms with van der Waals surface area (Å²) in [6.07, 6.45) is -3.14. The smallest absolute Gasteiger partial charge is 0.184 e. The summed E-state index contributed by atoms with van der Waals surface area (Å²) < 4.78 is 10.4. The second kappa shape index (κ2) is 5.04. The van der Waals surface area contributed by atoms with E-state index in [0.29, 0.717) is 6.61 Å². The lowest BCUT2D eigenvalue weighted by atomic mass is 9.91. The quantitative estimate of drug-likeness (QED) is 0.557. The first-order valence-electron chi connectivity index (χ1n) is 4.85. The molecule has 0 aliphatic carbocycles. The summed E-state index contributed by atoms with van der Waals surface area (Å²) in [6, 6.07) is 0. The highest BCUT2D eigenvalue weighted by atomic mass is 16.7. The molecule has 5 atom stereocenters. The maximum atomic E-state index is 9.66. The molecule has 0 saturated carbocycles. The van der Waals surface area contributed by atoms with Crippen LogP contribution in [0, 0.1) is 5.92 Å². The molecule has 5 heteroatoms. The number of hydrogen-bond donors (Lipinski definition) is 3. The molecule has 1 saturated heterocycles. The molecule has 1 aliphatic heterocycles. The van der Waals surface area contributed by atoms with Gasteiger partial charge < -0.3 is 24.8 Å². The zero-order chi connectivity index (χ0) is 10.7. The average molecular weight is 206 g/mol. The molecular weight excluding hydrogens is 188 g/mol. The summed E-state index contributed by atoms with van der Waals surface area (Å²) >= 11 is 0. The van der Waals surface area contributed by atoms with Gasteiger partial charge in [-0.05, 0) is 6.92 Å². The van der Waals surface area contributed by atoms with Crippen LogP contribution in [0.2, 0.25) is 0 Å². The van der Waals surface area contributed by atoms with E-state index in [1.165, 1.54) is 0 Å². The zero-order valence-electron chi connectivity index (χ0n) is 8.46. The second-order valence-electron chi connectivity index (χ2n) is 3.52. The van der Waals surface area contributed by atoms with Crippen LogP contribution in [0.25, 0.3) is 0 Å². The van der Waals surface area contributed by atoms with E-state index in [4.69, 9.17) is 14.6 Å². The molecule has 1 rings (SSSR count). The Morgan fingerprint density at radius 1 is 1.29 bits per heavy atom. The van der Waals surface area contributed by atoms with Crippen LogP contribution in [-0.2, 0) is 9.47 Å². The van der Waals surface area contributed by atoms with Crippen LogP contribution in [-0.4, -0.2) is 53.1 Å². The van der Waals surface area contributed by atoms with Crippen molar-refractivity contribution < 1.29 is 24.8 Å². The van der Waals surface area contributed by atoms with Gasteiger partial charge in [0.15, 0.2) is 6.29 Å². The van der Waals surface area contributed by atoms with Gasteiger partial charge in [-0.1, -0.05) is 6.92 Å². The topological polar surface area (TPSA) is 79.2 Å². The fraction of sp³-hybridized carbons (Fsp3) is 1.00. The van der Waals surface area contributed by atoms with Crippen molar-refractivity contribution in [1.29, 1.82) is 0 Å². The van der Waals surface area contributed by atoms with Crippen LogP contribution in [0.3, 0.4) is 0 Å². The fourth-order valence-corrected chi connectivity index (χ4v) is 1.57. The third-order valence-electron chi connectivity index (χ3n) is 2.56. The predicted molar refractivity (Wildman–Crippen MR) is 48.6 cm³/mol. The van der Waals surface area contributed by atoms with Crippen molar-refractivity contribution >= 4 is 0 Å². The summed E-state index contributed by atoms with van der Waals surface area (Å²) in [5, 5.41) is 28.2. The highest BCUT2D eigenvalue weighted by Gasteiger charge is 2.42. The van der Waals surface area contributed by atoms with Crippen LogP contribution in [0.4, 0.5) is 0 Å². The van der Waals surface area contributed by atoms with Gasteiger partial charge in [0.2, 0.25) is 0 Å². The molecule has 0 amide bonds. The molecular formula is C9H18O5. The van der Waals surface area contributed by atoms with Crippen LogP contribution >= 0.6 is 0 Å². The Kier molecular flexibility index (Phi) is 4.28. The third-order valence-corrected chi connectivity index (χ3v) is 2.56. The van der Waals surface area contributed by atoms with Crippen molar-refractivity contribution in [3.05, 3.63) is 0 Å². The summed E-state index contributed by atoms with van der Waals surface area (Å²) in [6.45, 7) is 3.64. The number of hydrogen-bond acceptors (Lipinski definition) is 5. The Morgan fingerprint density at radius 3 is 2.43 bits per heavy atom. The van der Waals surface area contributed by atoms with Crippen molar-refractivity contribution in [1.82, 2.24) is 0 Å². The van der Waals surface area contributed by atoms with E-state index in [1.54, 1.807) is 13.8 Å². The average Bonchev–Trinajstić information content (AvgIpc) is 2.19. The predicted octanol–water partition coefficient (Wildman–Crippen LogP) is -0.902. The van der Waals surface area contributed by atoms with Gasteiger partial charge in [0, 0.05) is 12.5 Å². The van der Waals surface area contributed by atoms with E-state index >= 15 is 0 Å². The van der Waals surface area contributed by atoms with E-state index in [0.717, 1.165) is 0 Å². The lowest BCUT2D eigenvalue weighted by Crippen LogP contribution is -2.55. The van der Waals surface area contributed by atoms with E-state index < -0.39 is 24.6 Å². The first-order valence-corrected chi connectivity index (χ1v) is 4.85. The molecule has 0 bridgehead atoms. The molecule has 84 valence electrons. The van der Waals surface area contributed by atoms with Gasteiger partial charge in [0.05, 0.1) is 12.7 Å². The van der Waals surface area contributed by atoms with Gasteiger partial charge in [0.1, 0.15) is 12.2 Å². The van der Waals surface area contributed by atoms with Crippen molar-refractivity contribution in [3.8, 4) is 0 Å². The molecule has 0 unspecified atom stereocenters. The Balaban J connectivity index is 2.63.